The second kappa shape index (κ2) is 9.98. The molecular weight excluding hydrogens is 392 g/mol. The standard InChI is InChI=1S/C18H19F2N3O4S/c1-10(2)4-5-27-16-12(19)6-11(7-13(16)20)9-21-23-18-22-17(25)14(28-18)8-15(24)26-3/h6-10H,4-5H2,1-3H3,(H,22,23,25)/b14-8+,21-9?. The van der Waals surface area contributed by atoms with Crippen LogP contribution in [0.25, 0.3) is 0 Å². The van der Waals surface area contributed by atoms with Crippen LogP contribution in [0.5, 0.6) is 5.75 Å². The SMILES string of the molecule is COC(=O)/C=C1/S/C(=N\N=Cc2cc(F)c(OCCC(C)C)c(F)c2)NC1=O. The number of nitrogens with zero attached hydrogens (tertiary/aromatic N) is 2. The van der Waals surface area contributed by atoms with Gasteiger partial charge in [-0.15, -0.1) is 5.10 Å². The fraction of sp³-hybridized carbons (Fsp3) is 0.333. The molecule has 28 heavy (non-hydrogen) atoms. The molecule has 2 rings (SSSR count). The van der Waals surface area contributed by atoms with Crippen LogP contribution in [0.1, 0.15) is 25.8 Å². The summed E-state index contributed by atoms with van der Waals surface area (Å²) in [7, 11) is 1.19. The number of esters is 1. The Morgan fingerprint density at radius 2 is 2.00 bits per heavy atom. The number of hydrogen-bond acceptors (Lipinski definition) is 7. The van der Waals surface area contributed by atoms with Crippen molar-refractivity contribution < 1.29 is 27.8 Å². The zero-order valence-corrected chi connectivity index (χ0v) is 16.3. The highest BCUT2D eigenvalue weighted by atomic mass is 32.2. The lowest BCUT2D eigenvalue weighted by Crippen LogP contribution is -2.19. The van der Waals surface area contributed by atoms with E-state index < -0.39 is 29.3 Å². The Morgan fingerprint density at radius 3 is 2.61 bits per heavy atom. The number of amides is 1. The fourth-order valence-corrected chi connectivity index (χ4v) is 2.72. The molecule has 7 nitrogen and oxygen atoms in total. The highest BCUT2D eigenvalue weighted by Gasteiger charge is 2.25. The van der Waals surface area contributed by atoms with Crippen molar-refractivity contribution in [3.63, 3.8) is 0 Å². The number of nitrogens with one attached hydrogen (secondary N) is 1. The number of amidine groups is 1. The number of halogens is 2. The fourth-order valence-electron chi connectivity index (χ4n) is 1.98. The van der Waals surface area contributed by atoms with E-state index in [1.807, 2.05) is 13.8 Å². The third-order valence-electron chi connectivity index (χ3n) is 3.42. The molecule has 0 unspecified atom stereocenters. The molecule has 0 aromatic heterocycles. The molecule has 1 aromatic rings. The molecule has 1 saturated heterocycles. The van der Waals surface area contributed by atoms with Gasteiger partial charge in [0.05, 0.1) is 24.8 Å². The predicted molar refractivity (Wildman–Crippen MR) is 102 cm³/mol. The van der Waals surface area contributed by atoms with Gasteiger partial charge in [0.1, 0.15) is 0 Å². The summed E-state index contributed by atoms with van der Waals surface area (Å²) in [5.74, 6) is -2.96. The lowest BCUT2D eigenvalue weighted by Gasteiger charge is -2.10. The maximum Gasteiger partial charge on any atom is 0.331 e. The molecule has 0 spiro atoms. The molecule has 10 heteroatoms. The van der Waals surface area contributed by atoms with Crippen LogP contribution in [0.4, 0.5) is 8.78 Å². The number of methoxy groups -OCH3 is 1. The zero-order valence-electron chi connectivity index (χ0n) is 15.5. The smallest absolute Gasteiger partial charge is 0.331 e. The Hall–Kier alpha value is -2.75. The summed E-state index contributed by atoms with van der Waals surface area (Å²) < 4.78 is 37.7. The van der Waals surface area contributed by atoms with E-state index in [2.05, 4.69) is 20.3 Å². The molecule has 1 heterocycles. The molecule has 0 atom stereocenters. The molecule has 0 saturated carbocycles. The highest BCUT2D eigenvalue weighted by Crippen LogP contribution is 2.24. The molecular formula is C18H19F2N3O4S. The van der Waals surface area contributed by atoms with Crippen molar-refractivity contribution in [2.45, 2.75) is 20.3 Å². The molecule has 150 valence electrons. The lowest BCUT2D eigenvalue weighted by atomic mass is 10.1. The largest absolute Gasteiger partial charge is 0.488 e. The number of ether oxygens (including phenoxy) is 2. The van der Waals surface area contributed by atoms with Crippen molar-refractivity contribution in [2.24, 2.45) is 16.1 Å². The van der Waals surface area contributed by atoms with Gasteiger partial charge in [0.25, 0.3) is 5.91 Å². The maximum atomic E-state index is 14.0. The van der Waals surface area contributed by atoms with Gasteiger partial charge in [-0.05, 0) is 36.2 Å². The van der Waals surface area contributed by atoms with Crippen molar-refractivity contribution >= 4 is 35.0 Å². The number of benzene rings is 1. The number of carbonyl (C=O) groups is 2. The predicted octanol–water partition coefficient (Wildman–Crippen LogP) is 3.00. The molecule has 0 radical (unpaired) electrons. The van der Waals surface area contributed by atoms with E-state index in [9.17, 15) is 18.4 Å². The van der Waals surface area contributed by atoms with Gasteiger partial charge in [0, 0.05) is 11.6 Å². The van der Waals surface area contributed by atoms with Crippen LogP contribution in [0.2, 0.25) is 0 Å². The molecule has 1 N–H and O–H groups in total. The number of hydrogen-bond donors (Lipinski definition) is 1. The van der Waals surface area contributed by atoms with Crippen LogP contribution in [0, 0.1) is 17.6 Å². The van der Waals surface area contributed by atoms with Crippen LogP contribution in [-0.2, 0) is 14.3 Å². The summed E-state index contributed by atoms with van der Waals surface area (Å²) in [6.07, 6.45) is 2.83. The molecule has 1 aliphatic rings. The monoisotopic (exact) mass is 411 g/mol. The minimum Gasteiger partial charge on any atom is -0.488 e. The van der Waals surface area contributed by atoms with Crippen molar-refractivity contribution in [1.29, 1.82) is 0 Å². The van der Waals surface area contributed by atoms with Crippen molar-refractivity contribution in [3.8, 4) is 5.75 Å². The van der Waals surface area contributed by atoms with Gasteiger partial charge in [-0.3, -0.25) is 10.1 Å². The Kier molecular flexibility index (Phi) is 7.68. The molecule has 1 aromatic carbocycles. The quantitative estimate of drug-likeness (QED) is 0.322. The second-order valence-corrected chi connectivity index (χ2v) is 7.11. The van der Waals surface area contributed by atoms with Crippen LogP contribution in [0.15, 0.2) is 33.3 Å². The van der Waals surface area contributed by atoms with Crippen molar-refractivity contribution in [2.75, 3.05) is 13.7 Å². The second-order valence-electron chi connectivity index (χ2n) is 6.08. The molecule has 1 amide bonds. The topological polar surface area (TPSA) is 89.3 Å². The average molecular weight is 411 g/mol. The Morgan fingerprint density at radius 1 is 1.32 bits per heavy atom. The van der Waals surface area contributed by atoms with Crippen LogP contribution in [-0.4, -0.2) is 37.0 Å². The summed E-state index contributed by atoms with van der Waals surface area (Å²) in [4.78, 5) is 22.9. The third-order valence-corrected chi connectivity index (χ3v) is 4.32. The first-order valence-electron chi connectivity index (χ1n) is 8.32. The van der Waals surface area contributed by atoms with E-state index in [0.29, 0.717) is 12.3 Å². The summed E-state index contributed by atoms with van der Waals surface area (Å²) >= 11 is 0.885. The van der Waals surface area contributed by atoms with E-state index in [-0.39, 0.29) is 22.2 Å². The van der Waals surface area contributed by atoms with Crippen LogP contribution < -0.4 is 10.1 Å². The van der Waals surface area contributed by atoms with Gasteiger partial charge in [-0.25, -0.2) is 13.6 Å². The summed E-state index contributed by atoms with van der Waals surface area (Å²) in [6.45, 7) is 4.18. The van der Waals surface area contributed by atoms with Gasteiger partial charge in [0.2, 0.25) is 0 Å². The van der Waals surface area contributed by atoms with Crippen LogP contribution in [0.3, 0.4) is 0 Å². The normalized spacial score (nSPS) is 17.0. The zero-order chi connectivity index (χ0) is 20.7. The van der Waals surface area contributed by atoms with E-state index in [1.165, 1.54) is 7.11 Å². The van der Waals surface area contributed by atoms with Gasteiger partial charge in [-0.2, -0.15) is 5.10 Å². The van der Waals surface area contributed by atoms with E-state index in [1.54, 1.807) is 0 Å². The Bertz CT molecular complexity index is 830. The first-order chi connectivity index (χ1) is 13.3. The highest BCUT2D eigenvalue weighted by molar-refractivity contribution is 8.18. The molecule has 0 bridgehead atoms. The lowest BCUT2D eigenvalue weighted by molar-refractivity contribution is -0.135. The third kappa shape index (κ3) is 6.15. The van der Waals surface area contributed by atoms with E-state index in [4.69, 9.17) is 4.74 Å². The Balaban J connectivity index is 2.04. The minimum absolute atomic E-state index is 0.0980. The maximum absolute atomic E-state index is 14.0. The molecule has 0 aliphatic carbocycles. The van der Waals surface area contributed by atoms with Gasteiger partial charge in [0.15, 0.2) is 22.6 Å². The summed E-state index contributed by atoms with van der Waals surface area (Å²) in [6, 6.07) is 2.14. The number of thioether (sulfide) groups is 1. The van der Waals surface area contributed by atoms with Gasteiger partial charge >= 0.3 is 5.97 Å². The van der Waals surface area contributed by atoms with Crippen molar-refractivity contribution in [1.82, 2.24) is 5.32 Å². The minimum atomic E-state index is -0.843. The average Bonchev–Trinajstić information content (AvgIpc) is 2.96. The number of rotatable bonds is 7. The Labute approximate surface area is 164 Å². The molecule has 1 aliphatic heterocycles. The summed E-state index contributed by atoms with van der Waals surface area (Å²) in [5, 5.41) is 9.97. The van der Waals surface area contributed by atoms with E-state index in [0.717, 1.165) is 36.2 Å². The van der Waals surface area contributed by atoms with Gasteiger partial charge < -0.3 is 9.47 Å². The number of carbonyl (C=O) groups excluding carboxylic acids is 2. The van der Waals surface area contributed by atoms with E-state index >= 15 is 0 Å². The molecule has 1 fully saturated rings. The van der Waals surface area contributed by atoms with Gasteiger partial charge in [-0.1, -0.05) is 13.8 Å². The first-order valence-corrected chi connectivity index (χ1v) is 9.13. The first kappa shape index (κ1) is 21.5. The summed E-state index contributed by atoms with van der Waals surface area (Å²) in [5.41, 5.74) is 0.134. The van der Waals surface area contributed by atoms with Crippen LogP contribution >= 0.6 is 11.8 Å². The van der Waals surface area contributed by atoms with Crippen molar-refractivity contribution in [3.05, 3.63) is 40.3 Å².